The van der Waals surface area contributed by atoms with Gasteiger partial charge in [0.2, 0.25) is 0 Å². The van der Waals surface area contributed by atoms with E-state index in [1.54, 1.807) is 0 Å². The van der Waals surface area contributed by atoms with Crippen molar-refractivity contribution in [3.63, 3.8) is 0 Å². The summed E-state index contributed by atoms with van der Waals surface area (Å²) in [4.78, 5) is 23.7. The maximum atomic E-state index is 13.7. The van der Waals surface area contributed by atoms with E-state index in [1.807, 2.05) is 121 Å². The Morgan fingerprint density at radius 3 is 1.94 bits per heavy atom. The molecule has 160 valence electrons. The summed E-state index contributed by atoms with van der Waals surface area (Å²) in [5.74, 6) is -0.0321. The number of carbonyl (C=O) groups excluding carboxylic acids is 1. The topological polar surface area (TPSA) is 42.9 Å². The Labute approximate surface area is 197 Å². The van der Waals surface area contributed by atoms with Crippen LogP contribution in [0.1, 0.15) is 15.9 Å². The maximum absolute atomic E-state index is 13.7. The average molecular weight is 437 g/mol. The summed E-state index contributed by atoms with van der Waals surface area (Å²) < 4.78 is 0. The molecule has 0 bridgehead atoms. The Morgan fingerprint density at radius 2 is 1.15 bits per heavy atom. The van der Waals surface area contributed by atoms with Gasteiger partial charge in [-0.15, -0.1) is 0 Å². The van der Waals surface area contributed by atoms with E-state index in [4.69, 9.17) is 9.97 Å². The highest BCUT2D eigenvalue weighted by molar-refractivity contribution is 6.14. The van der Waals surface area contributed by atoms with Crippen molar-refractivity contribution in [2.24, 2.45) is 0 Å². The van der Waals surface area contributed by atoms with Crippen LogP contribution in [0.5, 0.6) is 0 Å². The molecule has 3 nitrogen and oxygen atoms in total. The van der Waals surface area contributed by atoms with E-state index in [1.165, 1.54) is 0 Å². The predicted octanol–water partition coefficient (Wildman–Crippen LogP) is 7.35. The lowest BCUT2D eigenvalue weighted by atomic mass is 9.93. The number of rotatable bonds is 4. The molecule has 0 aliphatic rings. The second-order valence-electron chi connectivity index (χ2n) is 8.21. The molecule has 0 saturated carbocycles. The summed E-state index contributed by atoms with van der Waals surface area (Å²) >= 11 is 0. The zero-order chi connectivity index (χ0) is 22.9. The fraction of sp³-hybridized carbons (Fsp3) is 0. The highest BCUT2D eigenvalue weighted by Gasteiger charge is 2.20. The van der Waals surface area contributed by atoms with Crippen LogP contribution in [0.4, 0.5) is 0 Å². The van der Waals surface area contributed by atoms with E-state index in [0.29, 0.717) is 16.8 Å². The van der Waals surface area contributed by atoms with Gasteiger partial charge in [0, 0.05) is 22.3 Å². The quantitative estimate of drug-likeness (QED) is 0.271. The van der Waals surface area contributed by atoms with Gasteiger partial charge in [-0.05, 0) is 29.0 Å². The molecule has 0 unspecified atom stereocenters. The lowest BCUT2D eigenvalue weighted by Gasteiger charge is -2.14. The number of fused-ring (bicyclic) bond motifs is 2. The van der Waals surface area contributed by atoms with Crippen molar-refractivity contribution < 1.29 is 4.79 Å². The summed E-state index contributed by atoms with van der Waals surface area (Å²) in [5, 5.41) is 2.15. The van der Waals surface area contributed by atoms with Crippen molar-refractivity contribution >= 4 is 27.6 Å². The van der Waals surface area contributed by atoms with Crippen LogP contribution in [0.15, 0.2) is 121 Å². The van der Waals surface area contributed by atoms with Crippen molar-refractivity contribution in [1.29, 1.82) is 0 Å². The third kappa shape index (κ3) is 3.54. The third-order valence-electron chi connectivity index (χ3n) is 6.06. The second-order valence-corrected chi connectivity index (χ2v) is 8.21. The number of hydrogen-bond acceptors (Lipinski definition) is 3. The molecule has 6 aromatic rings. The molecule has 0 saturated heterocycles. The van der Waals surface area contributed by atoms with Crippen molar-refractivity contribution in [1.82, 2.24) is 9.97 Å². The van der Waals surface area contributed by atoms with Crippen LogP contribution >= 0.6 is 0 Å². The number of para-hydroxylation sites is 2. The standard InChI is InChI=1S/C31H20N2O/c34-31(24-19-18-21-10-4-5-13-23(21)20-24)26-15-7-6-14-25(26)30-29(22-11-2-1-3-12-22)32-27-16-8-9-17-28(27)33-30/h1-20H. The summed E-state index contributed by atoms with van der Waals surface area (Å²) in [6.45, 7) is 0. The molecule has 0 N–H and O–H groups in total. The normalized spacial score (nSPS) is 11.1. The number of ketones is 1. The van der Waals surface area contributed by atoms with Gasteiger partial charge in [0.05, 0.1) is 22.4 Å². The molecule has 1 aromatic heterocycles. The molecule has 5 aromatic carbocycles. The van der Waals surface area contributed by atoms with Crippen molar-refractivity contribution in [2.45, 2.75) is 0 Å². The van der Waals surface area contributed by atoms with E-state index in [0.717, 1.165) is 38.6 Å². The zero-order valence-electron chi connectivity index (χ0n) is 18.3. The largest absolute Gasteiger partial charge is 0.289 e. The van der Waals surface area contributed by atoms with E-state index in [-0.39, 0.29) is 5.78 Å². The molecular weight excluding hydrogens is 416 g/mol. The Hall–Kier alpha value is -4.63. The van der Waals surface area contributed by atoms with Crippen LogP contribution in [0.3, 0.4) is 0 Å². The first-order valence-electron chi connectivity index (χ1n) is 11.2. The van der Waals surface area contributed by atoms with E-state index in [2.05, 4.69) is 0 Å². The number of nitrogens with zero attached hydrogens (tertiary/aromatic N) is 2. The molecular formula is C31H20N2O. The van der Waals surface area contributed by atoms with Crippen molar-refractivity contribution in [2.75, 3.05) is 0 Å². The zero-order valence-corrected chi connectivity index (χ0v) is 18.3. The van der Waals surface area contributed by atoms with E-state index < -0.39 is 0 Å². The van der Waals surface area contributed by atoms with Crippen molar-refractivity contribution in [3.8, 4) is 22.5 Å². The van der Waals surface area contributed by atoms with Crippen LogP contribution in [-0.4, -0.2) is 15.8 Å². The Morgan fingerprint density at radius 1 is 0.529 bits per heavy atom. The SMILES string of the molecule is O=C(c1ccc2ccccc2c1)c1ccccc1-c1nc2ccccc2nc1-c1ccccc1. The maximum Gasteiger partial charge on any atom is 0.193 e. The van der Waals surface area contributed by atoms with Crippen molar-refractivity contribution in [3.05, 3.63) is 132 Å². The minimum absolute atomic E-state index is 0.0321. The molecule has 0 aliphatic heterocycles. The molecule has 3 heteroatoms. The van der Waals surface area contributed by atoms with Gasteiger partial charge in [-0.2, -0.15) is 0 Å². The van der Waals surface area contributed by atoms with E-state index in [9.17, 15) is 4.79 Å². The fourth-order valence-electron chi connectivity index (χ4n) is 4.36. The van der Waals surface area contributed by atoms with Gasteiger partial charge < -0.3 is 0 Å². The van der Waals surface area contributed by atoms with Crippen LogP contribution in [0, 0.1) is 0 Å². The predicted molar refractivity (Wildman–Crippen MR) is 138 cm³/mol. The Balaban J connectivity index is 1.56. The molecule has 6 rings (SSSR count). The first kappa shape index (κ1) is 20.0. The highest BCUT2D eigenvalue weighted by atomic mass is 16.1. The molecule has 0 radical (unpaired) electrons. The summed E-state index contributed by atoms with van der Waals surface area (Å²) in [7, 11) is 0. The van der Waals surface area contributed by atoms with Gasteiger partial charge in [0.25, 0.3) is 0 Å². The molecule has 0 aliphatic carbocycles. The van der Waals surface area contributed by atoms with Crippen LogP contribution in [0.25, 0.3) is 44.3 Å². The molecule has 34 heavy (non-hydrogen) atoms. The second kappa shape index (κ2) is 8.38. The molecule has 0 spiro atoms. The van der Waals surface area contributed by atoms with Gasteiger partial charge in [0.1, 0.15) is 0 Å². The van der Waals surface area contributed by atoms with Gasteiger partial charge in [0.15, 0.2) is 5.78 Å². The number of hydrogen-bond donors (Lipinski definition) is 0. The summed E-state index contributed by atoms with van der Waals surface area (Å²) in [6, 6.07) is 39.4. The minimum Gasteiger partial charge on any atom is -0.289 e. The molecule has 1 heterocycles. The van der Waals surface area contributed by atoms with Gasteiger partial charge in [-0.1, -0.05) is 103 Å². The summed E-state index contributed by atoms with van der Waals surface area (Å²) in [5.41, 5.74) is 6.09. The van der Waals surface area contributed by atoms with E-state index >= 15 is 0 Å². The van der Waals surface area contributed by atoms with Gasteiger partial charge in [-0.3, -0.25) is 4.79 Å². The van der Waals surface area contributed by atoms with Crippen LogP contribution in [0.2, 0.25) is 0 Å². The van der Waals surface area contributed by atoms with Crippen LogP contribution in [-0.2, 0) is 0 Å². The monoisotopic (exact) mass is 436 g/mol. The summed E-state index contributed by atoms with van der Waals surface area (Å²) in [6.07, 6.45) is 0. The lowest BCUT2D eigenvalue weighted by molar-refractivity contribution is 0.103. The lowest BCUT2D eigenvalue weighted by Crippen LogP contribution is -2.05. The van der Waals surface area contributed by atoms with Crippen LogP contribution < -0.4 is 0 Å². The minimum atomic E-state index is -0.0321. The first-order chi connectivity index (χ1) is 16.8. The molecule has 0 fully saturated rings. The molecule has 0 atom stereocenters. The fourth-order valence-corrected chi connectivity index (χ4v) is 4.36. The smallest absolute Gasteiger partial charge is 0.193 e. The number of benzene rings is 5. The first-order valence-corrected chi connectivity index (χ1v) is 11.2. The number of carbonyl (C=O) groups is 1. The Kier molecular flexibility index (Phi) is 4.93. The van der Waals surface area contributed by atoms with Gasteiger partial charge >= 0.3 is 0 Å². The average Bonchev–Trinajstić information content (AvgIpc) is 2.92. The molecule has 0 amide bonds. The Bertz CT molecular complexity index is 1670. The number of aromatic nitrogens is 2. The van der Waals surface area contributed by atoms with Gasteiger partial charge in [-0.25, -0.2) is 9.97 Å². The highest BCUT2D eigenvalue weighted by Crippen LogP contribution is 2.34. The third-order valence-corrected chi connectivity index (χ3v) is 6.06.